The Morgan fingerprint density at radius 3 is 3.12 bits per heavy atom. The molecule has 16 heavy (non-hydrogen) atoms. The quantitative estimate of drug-likeness (QED) is 0.537. The van der Waals surface area contributed by atoms with Gasteiger partial charge in [-0.05, 0) is 31.4 Å². The molecule has 2 atom stereocenters. The fraction of sp³-hybridized carbons (Fsp3) is 0.583. The molecule has 0 saturated carbocycles. The van der Waals surface area contributed by atoms with Crippen molar-refractivity contribution in [2.24, 2.45) is 0 Å². The van der Waals surface area contributed by atoms with E-state index in [2.05, 4.69) is 0 Å². The number of hydrogen-bond acceptors (Lipinski definition) is 4. The Labute approximate surface area is 94.9 Å². The van der Waals surface area contributed by atoms with Gasteiger partial charge in [0.2, 0.25) is 0 Å². The van der Waals surface area contributed by atoms with Gasteiger partial charge in [-0.1, -0.05) is 6.08 Å². The van der Waals surface area contributed by atoms with E-state index in [0.717, 1.165) is 25.9 Å². The van der Waals surface area contributed by atoms with E-state index in [-0.39, 0.29) is 18.4 Å². The minimum atomic E-state index is -0.286. The monoisotopic (exact) mass is 224 g/mol. The SMILES string of the molecule is O=C1C=CC(C=CCOC2CCCCO2)O1. The maximum absolute atomic E-state index is 10.7. The molecule has 1 fully saturated rings. The standard InChI is InChI=1S/C12H16O4/c13-11-7-6-10(16-11)4-3-9-15-12-5-1-2-8-14-12/h3-4,6-7,10,12H,1-2,5,8-9H2. The Morgan fingerprint density at radius 1 is 1.50 bits per heavy atom. The second kappa shape index (κ2) is 5.82. The number of carbonyl (C=O) groups excluding carboxylic acids is 1. The molecule has 2 aliphatic heterocycles. The van der Waals surface area contributed by atoms with Gasteiger partial charge in [0, 0.05) is 12.7 Å². The molecular weight excluding hydrogens is 208 g/mol. The van der Waals surface area contributed by atoms with Crippen molar-refractivity contribution in [3.8, 4) is 0 Å². The molecular formula is C12H16O4. The minimum Gasteiger partial charge on any atom is -0.451 e. The van der Waals surface area contributed by atoms with E-state index in [1.165, 1.54) is 6.08 Å². The van der Waals surface area contributed by atoms with E-state index in [4.69, 9.17) is 14.2 Å². The highest BCUT2D eigenvalue weighted by Gasteiger charge is 2.14. The van der Waals surface area contributed by atoms with Crippen molar-refractivity contribution in [2.45, 2.75) is 31.7 Å². The highest BCUT2D eigenvalue weighted by Crippen LogP contribution is 2.13. The molecule has 0 aromatic carbocycles. The minimum absolute atomic E-state index is 0.0694. The van der Waals surface area contributed by atoms with Gasteiger partial charge in [-0.3, -0.25) is 0 Å². The summed E-state index contributed by atoms with van der Waals surface area (Å²) in [7, 11) is 0. The summed E-state index contributed by atoms with van der Waals surface area (Å²) >= 11 is 0. The molecule has 2 aliphatic rings. The van der Waals surface area contributed by atoms with Gasteiger partial charge in [0.25, 0.3) is 0 Å². The molecule has 2 rings (SSSR count). The second-order valence-electron chi connectivity index (χ2n) is 3.82. The Hall–Kier alpha value is -1.13. The third-order valence-electron chi connectivity index (χ3n) is 2.52. The van der Waals surface area contributed by atoms with Crippen LogP contribution in [0.2, 0.25) is 0 Å². The summed E-state index contributed by atoms with van der Waals surface area (Å²) in [5, 5.41) is 0. The molecule has 88 valence electrons. The number of esters is 1. The van der Waals surface area contributed by atoms with Crippen molar-refractivity contribution >= 4 is 5.97 Å². The molecule has 2 heterocycles. The van der Waals surface area contributed by atoms with Crippen LogP contribution in [0.15, 0.2) is 24.3 Å². The molecule has 0 N–H and O–H groups in total. The molecule has 4 heteroatoms. The summed E-state index contributed by atoms with van der Waals surface area (Å²) in [6.07, 6.45) is 9.76. The van der Waals surface area contributed by atoms with E-state index in [1.807, 2.05) is 12.2 Å². The van der Waals surface area contributed by atoms with Gasteiger partial charge >= 0.3 is 5.97 Å². The highest BCUT2D eigenvalue weighted by atomic mass is 16.7. The van der Waals surface area contributed by atoms with Crippen LogP contribution in [0.25, 0.3) is 0 Å². The molecule has 0 aromatic heterocycles. The lowest BCUT2D eigenvalue weighted by molar-refractivity contribution is -0.155. The summed E-state index contributed by atoms with van der Waals surface area (Å²) in [5.74, 6) is -0.286. The lowest BCUT2D eigenvalue weighted by Gasteiger charge is -2.21. The number of hydrogen-bond donors (Lipinski definition) is 0. The van der Waals surface area contributed by atoms with Crippen LogP contribution in [-0.2, 0) is 19.0 Å². The summed E-state index contributed by atoms with van der Waals surface area (Å²) < 4.78 is 15.8. The van der Waals surface area contributed by atoms with Crippen LogP contribution >= 0.6 is 0 Å². The molecule has 0 bridgehead atoms. The number of rotatable bonds is 4. The Bertz CT molecular complexity index is 289. The van der Waals surface area contributed by atoms with Gasteiger partial charge in [0.05, 0.1) is 6.61 Å². The first-order valence-corrected chi connectivity index (χ1v) is 5.63. The second-order valence-corrected chi connectivity index (χ2v) is 3.82. The van der Waals surface area contributed by atoms with Gasteiger partial charge in [-0.2, -0.15) is 0 Å². The molecule has 0 aromatic rings. The van der Waals surface area contributed by atoms with Gasteiger partial charge in [-0.25, -0.2) is 4.79 Å². The third-order valence-corrected chi connectivity index (χ3v) is 2.52. The fourth-order valence-corrected chi connectivity index (χ4v) is 1.68. The van der Waals surface area contributed by atoms with Crippen LogP contribution in [0, 0.1) is 0 Å². The summed E-state index contributed by atoms with van der Waals surface area (Å²) in [4.78, 5) is 10.7. The predicted molar refractivity (Wildman–Crippen MR) is 57.7 cm³/mol. The summed E-state index contributed by atoms with van der Waals surface area (Å²) in [6.45, 7) is 1.28. The van der Waals surface area contributed by atoms with Crippen LogP contribution in [-0.4, -0.2) is 31.6 Å². The Morgan fingerprint density at radius 2 is 2.44 bits per heavy atom. The average Bonchev–Trinajstić information content (AvgIpc) is 2.72. The third kappa shape index (κ3) is 3.47. The number of carbonyl (C=O) groups is 1. The summed E-state index contributed by atoms with van der Waals surface area (Å²) in [5.41, 5.74) is 0. The topological polar surface area (TPSA) is 44.8 Å². The molecule has 1 saturated heterocycles. The van der Waals surface area contributed by atoms with Gasteiger partial charge in [-0.15, -0.1) is 0 Å². The van der Waals surface area contributed by atoms with Crippen LogP contribution in [0.1, 0.15) is 19.3 Å². The zero-order valence-corrected chi connectivity index (χ0v) is 9.13. The Kier molecular flexibility index (Phi) is 4.13. The summed E-state index contributed by atoms with van der Waals surface area (Å²) in [6, 6.07) is 0. The van der Waals surface area contributed by atoms with E-state index in [0.29, 0.717) is 6.61 Å². The van der Waals surface area contributed by atoms with Crippen molar-refractivity contribution in [3.05, 3.63) is 24.3 Å². The zero-order valence-electron chi connectivity index (χ0n) is 9.13. The van der Waals surface area contributed by atoms with Crippen LogP contribution in [0.5, 0.6) is 0 Å². The van der Waals surface area contributed by atoms with Gasteiger partial charge in [0.15, 0.2) is 6.29 Å². The van der Waals surface area contributed by atoms with E-state index < -0.39 is 0 Å². The van der Waals surface area contributed by atoms with E-state index >= 15 is 0 Å². The van der Waals surface area contributed by atoms with Crippen molar-refractivity contribution in [1.29, 1.82) is 0 Å². The molecule has 2 unspecified atom stereocenters. The van der Waals surface area contributed by atoms with Crippen molar-refractivity contribution < 1.29 is 19.0 Å². The first-order valence-electron chi connectivity index (χ1n) is 5.63. The highest BCUT2D eigenvalue weighted by molar-refractivity contribution is 5.84. The van der Waals surface area contributed by atoms with Crippen LogP contribution in [0.4, 0.5) is 0 Å². The van der Waals surface area contributed by atoms with E-state index in [9.17, 15) is 4.79 Å². The Balaban J connectivity index is 1.62. The lowest BCUT2D eigenvalue weighted by atomic mass is 10.2. The van der Waals surface area contributed by atoms with Crippen molar-refractivity contribution in [2.75, 3.05) is 13.2 Å². The van der Waals surface area contributed by atoms with Crippen molar-refractivity contribution in [3.63, 3.8) is 0 Å². The first kappa shape index (κ1) is 11.4. The van der Waals surface area contributed by atoms with Gasteiger partial charge in [0.1, 0.15) is 6.10 Å². The molecule has 0 radical (unpaired) electrons. The normalized spacial score (nSPS) is 29.9. The number of ether oxygens (including phenoxy) is 3. The molecule has 0 aliphatic carbocycles. The first-order chi connectivity index (χ1) is 7.84. The largest absolute Gasteiger partial charge is 0.451 e. The van der Waals surface area contributed by atoms with Gasteiger partial charge < -0.3 is 14.2 Å². The molecule has 4 nitrogen and oxygen atoms in total. The molecule has 0 amide bonds. The van der Waals surface area contributed by atoms with Crippen LogP contribution in [0.3, 0.4) is 0 Å². The number of cyclic esters (lactones) is 1. The average molecular weight is 224 g/mol. The fourth-order valence-electron chi connectivity index (χ4n) is 1.68. The maximum Gasteiger partial charge on any atom is 0.331 e. The van der Waals surface area contributed by atoms with Crippen LogP contribution < -0.4 is 0 Å². The van der Waals surface area contributed by atoms with E-state index in [1.54, 1.807) is 6.08 Å². The predicted octanol–water partition coefficient (Wildman–Crippen LogP) is 1.57. The zero-order chi connectivity index (χ0) is 11.2. The smallest absolute Gasteiger partial charge is 0.331 e. The lowest BCUT2D eigenvalue weighted by Crippen LogP contribution is -2.22. The van der Waals surface area contributed by atoms with Crippen molar-refractivity contribution in [1.82, 2.24) is 0 Å². The molecule has 0 spiro atoms. The maximum atomic E-state index is 10.7.